The van der Waals surface area contributed by atoms with E-state index in [0.717, 1.165) is 38.4 Å². The summed E-state index contributed by atoms with van der Waals surface area (Å²) >= 11 is 0. The predicted molar refractivity (Wildman–Crippen MR) is 87.6 cm³/mol. The standard InChI is InChI=1S/C15H21N3O5S/c1-23-14-3-2-12(10-13(14)18(19)20)24(21,22)17-9-6-15(11-17)4-7-16-8-5-15/h2-3,10,16H,4-9,11H2,1H3. The van der Waals surface area contributed by atoms with Gasteiger partial charge in [0.25, 0.3) is 0 Å². The second kappa shape index (κ2) is 6.30. The van der Waals surface area contributed by atoms with Crippen molar-refractivity contribution in [3.05, 3.63) is 28.3 Å². The minimum Gasteiger partial charge on any atom is -0.490 e. The number of hydrogen-bond donors (Lipinski definition) is 1. The summed E-state index contributed by atoms with van der Waals surface area (Å²) in [5.41, 5.74) is -0.300. The van der Waals surface area contributed by atoms with Crippen LogP contribution in [0.1, 0.15) is 19.3 Å². The fourth-order valence-electron chi connectivity index (χ4n) is 3.59. The first-order chi connectivity index (χ1) is 11.4. The summed E-state index contributed by atoms with van der Waals surface area (Å²) in [4.78, 5) is 10.5. The first-order valence-electron chi connectivity index (χ1n) is 7.91. The van der Waals surface area contributed by atoms with Crippen LogP contribution in [0.4, 0.5) is 5.69 Å². The maximum Gasteiger partial charge on any atom is 0.312 e. The van der Waals surface area contributed by atoms with Gasteiger partial charge in [-0.1, -0.05) is 0 Å². The Hall–Kier alpha value is -1.71. The second-order valence-electron chi connectivity index (χ2n) is 6.43. The number of ether oxygens (including phenoxy) is 1. The number of hydrogen-bond acceptors (Lipinski definition) is 6. The van der Waals surface area contributed by atoms with Gasteiger partial charge in [-0.05, 0) is 49.9 Å². The van der Waals surface area contributed by atoms with Crippen LogP contribution < -0.4 is 10.1 Å². The van der Waals surface area contributed by atoms with E-state index in [2.05, 4.69) is 5.32 Å². The van der Waals surface area contributed by atoms with Gasteiger partial charge in [0.1, 0.15) is 0 Å². The van der Waals surface area contributed by atoms with E-state index in [1.165, 1.54) is 23.5 Å². The number of piperidine rings is 1. The highest BCUT2D eigenvalue weighted by Crippen LogP contribution is 2.41. The van der Waals surface area contributed by atoms with E-state index in [9.17, 15) is 18.5 Å². The highest BCUT2D eigenvalue weighted by atomic mass is 32.2. The first-order valence-corrected chi connectivity index (χ1v) is 9.35. The smallest absolute Gasteiger partial charge is 0.312 e. The zero-order valence-corrected chi connectivity index (χ0v) is 14.3. The minimum absolute atomic E-state index is 0.0384. The van der Waals surface area contributed by atoms with E-state index in [0.29, 0.717) is 13.1 Å². The third-order valence-corrected chi connectivity index (χ3v) is 6.89. The van der Waals surface area contributed by atoms with E-state index >= 15 is 0 Å². The third-order valence-electron chi connectivity index (χ3n) is 5.05. The zero-order chi connectivity index (χ0) is 17.4. The van der Waals surface area contributed by atoms with Gasteiger partial charge in [-0.3, -0.25) is 10.1 Å². The average Bonchev–Trinajstić information content (AvgIpc) is 2.99. The Morgan fingerprint density at radius 1 is 1.29 bits per heavy atom. The molecule has 0 atom stereocenters. The predicted octanol–water partition coefficient (Wildman–Crippen LogP) is 1.37. The number of benzene rings is 1. The van der Waals surface area contributed by atoms with Crippen molar-refractivity contribution in [3.8, 4) is 5.75 Å². The van der Waals surface area contributed by atoms with Gasteiger partial charge in [0, 0.05) is 19.2 Å². The van der Waals surface area contributed by atoms with Crippen molar-refractivity contribution >= 4 is 15.7 Å². The molecule has 132 valence electrons. The summed E-state index contributed by atoms with van der Waals surface area (Å²) in [7, 11) is -2.42. The molecule has 1 aromatic carbocycles. The Labute approximate surface area is 141 Å². The molecule has 1 aromatic rings. The van der Waals surface area contributed by atoms with Gasteiger partial charge in [-0.2, -0.15) is 4.31 Å². The molecule has 3 rings (SSSR count). The van der Waals surface area contributed by atoms with Crippen molar-refractivity contribution in [1.29, 1.82) is 0 Å². The molecule has 2 aliphatic rings. The van der Waals surface area contributed by atoms with Gasteiger partial charge in [0.2, 0.25) is 10.0 Å². The summed E-state index contributed by atoms with van der Waals surface area (Å²) in [6.07, 6.45) is 2.76. The summed E-state index contributed by atoms with van der Waals surface area (Å²) in [5.74, 6) is 0.0511. The van der Waals surface area contributed by atoms with E-state index in [-0.39, 0.29) is 21.7 Å². The van der Waals surface area contributed by atoms with Crippen LogP contribution in [0, 0.1) is 15.5 Å². The molecule has 8 nitrogen and oxygen atoms in total. The Morgan fingerprint density at radius 3 is 2.62 bits per heavy atom. The number of sulfonamides is 1. The van der Waals surface area contributed by atoms with Crippen molar-refractivity contribution in [2.24, 2.45) is 5.41 Å². The number of methoxy groups -OCH3 is 1. The lowest BCUT2D eigenvalue weighted by atomic mass is 9.78. The average molecular weight is 355 g/mol. The summed E-state index contributed by atoms with van der Waals surface area (Å²) in [6.45, 7) is 2.75. The molecular formula is C15H21N3O5S. The lowest BCUT2D eigenvalue weighted by Gasteiger charge is -2.33. The number of rotatable bonds is 4. The van der Waals surface area contributed by atoms with E-state index < -0.39 is 14.9 Å². The van der Waals surface area contributed by atoms with Crippen LogP contribution in [0.5, 0.6) is 5.75 Å². The molecule has 0 radical (unpaired) electrons. The maximum atomic E-state index is 12.9. The Balaban J connectivity index is 1.88. The maximum absolute atomic E-state index is 12.9. The fourth-order valence-corrected chi connectivity index (χ4v) is 5.16. The summed E-state index contributed by atoms with van der Waals surface area (Å²) in [5, 5.41) is 14.4. The molecule has 0 amide bonds. The lowest BCUT2D eigenvalue weighted by Crippen LogP contribution is -2.39. The van der Waals surface area contributed by atoms with E-state index in [1.54, 1.807) is 0 Å². The topological polar surface area (TPSA) is 102 Å². The second-order valence-corrected chi connectivity index (χ2v) is 8.37. The summed E-state index contributed by atoms with van der Waals surface area (Å²) < 4.78 is 32.2. The zero-order valence-electron chi connectivity index (χ0n) is 13.5. The molecule has 0 aliphatic carbocycles. The van der Waals surface area contributed by atoms with Crippen LogP contribution in [-0.2, 0) is 10.0 Å². The van der Waals surface area contributed by atoms with Crippen LogP contribution in [-0.4, -0.2) is 50.9 Å². The van der Waals surface area contributed by atoms with Crippen molar-refractivity contribution in [2.45, 2.75) is 24.2 Å². The van der Waals surface area contributed by atoms with Gasteiger partial charge in [0.05, 0.1) is 16.9 Å². The molecule has 24 heavy (non-hydrogen) atoms. The molecule has 0 unspecified atom stereocenters. The van der Waals surface area contributed by atoms with Gasteiger partial charge < -0.3 is 10.1 Å². The van der Waals surface area contributed by atoms with Crippen LogP contribution >= 0.6 is 0 Å². The minimum atomic E-state index is -3.74. The summed E-state index contributed by atoms with van der Waals surface area (Å²) in [6, 6.07) is 3.79. The quantitative estimate of drug-likeness (QED) is 0.646. The van der Waals surface area contributed by atoms with Crippen molar-refractivity contribution < 1.29 is 18.1 Å². The van der Waals surface area contributed by atoms with Gasteiger partial charge >= 0.3 is 5.69 Å². The number of nitrogens with zero attached hydrogens (tertiary/aromatic N) is 2. The monoisotopic (exact) mass is 355 g/mol. The van der Waals surface area contributed by atoms with Crippen LogP contribution in [0.25, 0.3) is 0 Å². The highest BCUT2D eigenvalue weighted by molar-refractivity contribution is 7.89. The Kier molecular flexibility index (Phi) is 4.50. The molecule has 1 N–H and O–H groups in total. The molecular weight excluding hydrogens is 334 g/mol. The number of nitro benzene ring substituents is 1. The van der Waals surface area contributed by atoms with E-state index in [1.807, 2.05) is 0 Å². The molecule has 2 fully saturated rings. The number of nitro groups is 1. The van der Waals surface area contributed by atoms with E-state index in [4.69, 9.17) is 4.74 Å². The van der Waals surface area contributed by atoms with Gasteiger partial charge in [-0.25, -0.2) is 8.42 Å². The normalized spacial score (nSPS) is 21.0. The third kappa shape index (κ3) is 2.99. The van der Waals surface area contributed by atoms with Crippen LogP contribution in [0.2, 0.25) is 0 Å². The SMILES string of the molecule is COc1ccc(S(=O)(=O)N2CCC3(CCNCC3)C2)cc1[N+](=O)[O-]. The molecule has 1 spiro atoms. The van der Waals surface area contributed by atoms with Crippen molar-refractivity contribution in [3.63, 3.8) is 0 Å². The largest absolute Gasteiger partial charge is 0.490 e. The molecule has 9 heteroatoms. The lowest BCUT2D eigenvalue weighted by molar-refractivity contribution is -0.386. The fraction of sp³-hybridized carbons (Fsp3) is 0.600. The first kappa shape index (κ1) is 17.1. The molecule has 0 bridgehead atoms. The molecule has 2 heterocycles. The van der Waals surface area contributed by atoms with Crippen molar-refractivity contribution in [1.82, 2.24) is 9.62 Å². The van der Waals surface area contributed by atoms with Crippen molar-refractivity contribution in [2.75, 3.05) is 33.3 Å². The van der Waals surface area contributed by atoms with Gasteiger partial charge in [-0.15, -0.1) is 0 Å². The van der Waals surface area contributed by atoms with Gasteiger partial charge in [0.15, 0.2) is 5.75 Å². The van der Waals surface area contributed by atoms with Crippen LogP contribution in [0.15, 0.2) is 23.1 Å². The molecule has 0 saturated carbocycles. The Bertz CT molecular complexity index is 743. The number of nitrogens with one attached hydrogen (secondary N) is 1. The highest BCUT2D eigenvalue weighted by Gasteiger charge is 2.43. The molecule has 2 aliphatic heterocycles. The van der Waals surface area contributed by atoms with Crippen LogP contribution in [0.3, 0.4) is 0 Å². The Morgan fingerprint density at radius 2 is 2.00 bits per heavy atom. The molecule has 0 aromatic heterocycles. The molecule has 2 saturated heterocycles.